The summed E-state index contributed by atoms with van der Waals surface area (Å²) in [6, 6.07) is 7.99. The third kappa shape index (κ3) is 6.97. The Morgan fingerprint density at radius 2 is 1.91 bits per heavy atom. The Balaban J connectivity index is 2.39. The van der Waals surface area contributed by atoms with Crippen LogP contribution < -0.4 is 15.4 Å². The molecule has 0 unspecified atom stereocenters. The van der Waals surface area contributed by atoms with Gasteiger partial charge in [0.15, 0.2) is 5.96 Å². The Morgan fingerprint density at radius 3 is 2.50 bits per heavy atom. The van der Waals surface area contributed by atoms with E-state index < -0.39 is 0 Å². The molecule has 0 aliphatic carbocycles. The molecule has 1 rings (SSSR count). The van der Waals surface area contributed by atoms with Crippen molar-refractivity contribution < 1.29 is 14.3 Å². The van der Waals surface area contributed by atoms with E-state index in [-0.39, 0.29) is 12.4 Å². The summed E-state index contributed by atoms with van der Waals surface area (Å²) in [7, 11) is 3.04. The van der Waals surface area contributed by atoms with Crippen molar-refractivity contribution in [2.75, 3.05) is 33.9 Å². The van der Waals surface area contributed by atoms with E-state index in [1.54, 1.807) is 7.11 Å². The van der Waals surface area contributed by atoms with Crippen LogP contribution >= 0.6 is 0 Å². The van der Waals surface area contributed by atoms with Crippen LogP contribution in [0.5, 0.6) is 5.75 Å². The number of carbonyl (C=O) groups excluding carboxylic acids is 1. The molecule has 0 aliphatic rings. The van der Waals surface area contributed by atoms with Gasteiger partial charge in [0.1, 0.15) is 5.75 Å². The number of ether oxygens (including phenoxy) is 2. The highest BCUT2D eigenvalue weighted by molar-refractivity contribution is 5.80. The summed E-state index contributed by atoms with van der Waals surface area (Å²) in [5.41, 5.74) is 1.22. The third-order valence-corrected chi connectivity index (χ3v) is 3.02. The molecule has 0 atom stereocenters. The zero-order valence-electron chi connectivity index (χ0n) is 13.5. The molecule has 0 spiro atoms. The number of nitrogens with zero attached hydrogens (tertiary/aromatic N) is 1. The van der Waals surface area contributed by atoms with E-state index in [0.717, 1.165) is 25.3 Å². The van der Waals surface area contributed by atoms with Gasteiger partial charge in [0.25, 0.3) is 0 Å². The van der Waals surface area contributed by atoms with Crippen LogP contribution in [-0.4, -0.2) is 45.8 Å². The van der Waals surface area contributed by atoms with E-state index in [1.165, 1.54) is 12.7 Å². The number of guanidine groups is 1. The lowest BCUT2D eigenvalue weighted by atomic mass is 10.1. The van der Waals surface area contributed by atoms with E-state index in [1.807, 2.05) is 31.2 Å². The van der Waals surface area contributed by atoms with Crippen LogP contribution in [0.1, 0.15) is 18.9 Å². The standard InChI is InChI=1S/C16H25N3O3/c1-4-17-16(19-12-10-15(20)22-3)18-11-9-13-5-7-14(21-2)8-6-13/h5-8H,4,9-12H2,1-3H3,(H2,17,18,19). The van der Waals surface area contributed by atoms with Gasteiger partial charge in [0.05, 0.1) is 27.2 Å². The monoisotopic (exact) mass is 307 g/mol. The Morgan fingerprint density at radius 1 is 1.18 bits per heavy atom. The van der Waals surface area contributed by atoms with E-state index in [0.29, 0.717) is 12.5 Å². The van der Waals surface area contributed by atoms with Gasteiger partial charge in [-0.1, -0.05) is 12.1 Å². The molecule has 1 aromatic carbocycles. The molecule has 0 aromatic heterocycles. The van der Waals surface area contributed by atoms with Gasteiger partial charge in [-0.05, 0) is 31.0 Å². The Labute approximate surface area is 131 Å². The fourth-order valence-electron chi connectivity index (χ4n) is 1.82. The van der Waals surface area contributed by atoms with Gasteiger partial charge in [0.2, 0.25) is 0 Å². The van der Waals surface area contributed by atoms with E-state index in [4.69, 9.17) is 4.74 Å². The van der Waals surface area contributed by atoms with Crippen LogP contribution in [0.25, 0.3) is 0 Å². The quantitative estimate of drug-likeness (QED) is 0.431. The van der Waals surface area contributed by atoms with Crippen LogP contribution in [0.15, 0.2) is 29.3 Å². The van der Waals surface area contributed by atoms with Crippen LogP contribution in [0.2, 0.25) is 0 Å². The summed E-state index contributed by atoms with van der Waals surface area (Å²) >= 11 is 0. The molecule has 0 fully saturated rings. The highest BCUT2D eigenvalue weighted by atomic mass is 16.5. The van der Waals surface area contributed by atoms with Crippen molar-refractivity contribution in [1.29, 1.82) is 0 Å². The summed E-state index contributed by atoms with van der Waals surface area (Å²) in [5, 5.41) is 6.39. The molecule has 0 amide bonds. The highest BCUT2D eigenvalue weighted by Gasteiger charge is 2.01. The average molecular weight is 307 g/mol. The minimum atomic E-state index is -0.252. The molecule has 2 N–H and O–H groups in total. The number of carbonyl (C=O) groups is 1. The molecule has 0 aliphatic heterocycles. The average Bonchev–Trinajstić information content (AvgIpc) is 2.55. The summed E-state index contributed by atoms with van der Waals surface area (Å²) in [6.07, 6.45) is 1.16. The number of hydrogen-bond donors (Lipinski definition) is 2. The Kier molecular flexibility index (Phi) is 8.49. The number of methoxy groups -OCH3 is 2. The number of hydrogen-bond acceptors (Lipinski definition) is 4. The first-order chi connectivity index (χ1) is 10.7. The molecule has 0 saturated carbocycles. The van der Waals surface area contributed by atoms with E-state index in [9.17, 15) is 4.79 Å². The number of benzene rings is 1. The van der Waals surface area contributed by atoms with Crippen LogP contribution in [-0.2, 0) is 16.0 Å². The largest absolute Gasteiger partial charge is 0.497 e. The van der Waals surface area contributed by atoms with Gasteiger partial charge in [-0.2, -0.15) is 0 Å². The number of aliphatic imine (C=N–C) groups is 1. The molecule has 6 nitrogen and oxygen atoms in total. The second kappa shape index (κ2) is 10.5. The fraction of sp³-hybridized carbons (Fsp3) is 0.500. The van der Waals surface area contributed by atoms with Gasteiger partial charge in [-0.25, -0.2) is 0 Å². The molecule has 0 heterocycles. The summed E-state index contributed by atoms with van der Waals surface area (Å²) in [5.74, 6) is 1.31. The van der Waals surface area contributed by atoms with Gasteiger partial charge < -0.3 is 20.1 Å². The van der Waals surface area contributed by atoms with Crippen molar-refractivity contribution in [3.8, 4) is 5.75 Å². The Bertz CT molecular complexity index is 472. The van der Waals surface area contributed by atoms with E-state index >= 15 is 0 Å². The van der Waals surface area contributed by atoms with Crippen molar-refractivity contribution in [2.24, 2.45) is 4.99 Å². The summed E-state index contributed by atoms with van der Waals surface area (Å²) in [6.45, 7) is 3.94. The van der Waals surface area contributed by atoms with Crippen molar-refractivity contribution in [3.63, 3.8) is 0 Å². The predicted molar refractivity (Wildman–Crippen MR) is 87.3 cm³/mol. The first kappa shape index (κ1) is 17.8. The van der Waals surface area contributed by atoms with Gasteiger partial charge in [-0.3, -0.25) is 9.79 Å². The molecule has 0 radical (unpaired) electrons. The molecule has 6 heteroatoms. The molecule has 0 bridgehead atoms. The minimum absolute atomic E-state index is 0.252. The topological polar surface area (TPSA) is 72.0 Å². The maximum absolute atomic E-state index is 11.1. The van der Waals surface area contributed by atoms with Crippen LogP contribution in [0, 0.1) is 0 Å². The van der Waals surface area contributed by atoms with Gasteiger partial charge in [0, 0.05) is 13.1 Å². The van der Waals surface area contributed by atoms with Crippen molar-refractivity contribution in [2.45, 2.75) is 19.8 Å². The molecule has 1 aromatic rings. The second-order valence-corrected chi connectivity index (χ2v) is 4.61. The van der Waals surface area contributed by atoms with Crippen molar-refractivity contribution in [1.82, 2.24) is 10.6 Å². The third-order valence-electron chi connectivity index (χ3n) is 3.02. The lowest BCUT2D eigenvalue weighted by molar-refractivity contribution is -0.140. The molecule has 122 valence electrons. The fourth-order valence-corrected chi connectivity index (χ4v) is 1.82. The number of rotatable bonds is 8. The molecular formula is C16H25N3O3. The smallest absolute Gasteiger partial charge is 0.307 e. The lowest BCUT2D eigenvalue weighted by Crippen LogP contribution is -2.38. The predicted octanol–water partition coefficient (Wildman–Crippen LogP) is 1.36. The normalized spacial score (nSPS) is 11.0. The highest BCUT2D eigenvalue weighted by Crippen LogP contribution is 2.11. The number of nitrogens with one attached hydrogen (secondary N) is 2. The first-order valence-electron chi connectivity index (χ1n) is 7.41. The van der Waals surface area contributed by atoms with Gasteiger partial charge >= 0.3 is 5.97 Å². The SMILES string of the molecule is CCNC(=NCCC(=O)OC)NCCc1ccc(OC)cc1. The maximum atomic E-state index is 11.1. The first-order valence-corrected chi connectivity index (χ1v) is 7.41. The van der Waals surface area contributed by atoms with Gasteiger partial charge in [-0.15, -0.1) is 0 Å². The zero-order chi connectivity index (χ0) is 16.2. The summed E-state index contributed by atoms with van der Waals surface area (Å²) < 4.78 is 9.72. The molecular weight excluding hydrogens is 282 g/mol. The maximum Gasteiger partial charge on any atom is 0.307 e. The van der Waals surface area contributed by atoms with Crippen LogP contribution in [0.3, 0.4) is 0 Å². The van der Waals surface area contributed by atoms with Crippen molar-refractivity contribution >= 4 is 11.9 Å². The van der Waals surface area contributed by atoms with Crippen LogP contribution in [0.4, 0.5) is 0 Å². The minimum Gasteiger partial charge on any atom is -0.497 e. The Hall–Kier alpha value is -2.24. The lowest BCUT2D eigenvalue weighted by Gasteiger charge is -2.11. The zero-order valence-corrected chi connectivity index (χ0v) is 13.5. The molecule has 22 heavy (non-hydrogen) atoms. The number of esters is 1. The summed E-state index contributed by atoms with van der Waals surface area (Å²) in [4.78, 5) is 15.4. The molecule has 0 saturated heterocycles. The second-order valence-electron chi connectivity index (χ2n) is 4.61. The van der Waals surface area contributed by atoms with E-state index in [2.05, 4.69) is 20.4 Å². The van der Waals surface area contributed by atoms with Crippen molar-refractivity contribution in [3.05, 3.63) is 29.8 Å².